The zero-order valence-corrected chi connectivity index (χ0v) is 13.9. The zero-order chi connectivity index (χ0) is 14.8. The average Bonchev–Trinajstić information content (AvgIpc) is 2.84. The van der Waals surface area contributed by atoms with E-state index in [-0.39, 0.29) is 0 Å². The summed E-state index contributed by atoms with van der Waals surface area (Å²) in [5.41, 5.74) is 0.357. The van der Waals surface area contributed by atoms with Crippen molar-refractivity contribution in [2.75, 3.05) is 32.2 Å². The van der Waals surface area contributed by atoms with E-state index >= 15 is 0 Å². The molecule has 1 spiro atoms. The van der Waals surface area contributed by atoms with E-state index in [9.17, 15) is 8.42 Å². The van der Waals surface area contributed by atoms with Gasteiger partial charge in [0.05, 0.1) is 11.9 Å². The Bertz CT molecular complexity index is 415. The molecule has 0 aromatic heterocycles. The molecule has 0 N–H and O–H groups in total. The number of ether oxygens (including phenoxy) is 1. The van der Waals surface area contributed by atoms with Crippen LogP contribution in [0.3, 0.4) is 0 Å². The first kappa shape index (κ1) is 16.2. The molecule has 2 fully saturated rings. The average molecular weight is 303 g/mol. The van der Waals surface area contributed by atoms with E-state index in [1.807, 2.05) is 0 Å². The molecule has 2 atom stereocenters. The van der Waals surface area contributed by atoms with Crippen molar-refractivity contribution in [2.24, 2.45) is 5.41 Å². The Hall–Kier alpha value is -0.130. The highest BCUT2D eigenvalue weighted by molar-refractivity contribution is 7.90. The quantitative estimate of drug-likeness (QED) is 0.722. The van der Waals surface area contributed by atoms with E-state index in [1.165, 1.54) is 31.9 Å². The van der Waals surface area contributed by atoms with Gasteiger partial charge in [-0.3, -0.25) is 0 Å². The van der Waals surface area contributed by atoms with E-state index in [0.29, 0.717) is 23.3 Å². The minimum Gasteiger partial charge on any atom is -0.378 e. The Morgan fingerprint density at radius 3 is 2.50 bits per heavy atom. The van der Waals surface area contributed by atoms with Crippen molar-refractivity contribution in [3.05, 3.63) is 0 Å². The summed E-state index contributed by atoms with van der Waals surface area (Å²) < 4.78 is 28.4. The molecule has 0 aliphatic heterocycles. The molecule has 0 bridgehead atoms. The van der Waals surface area contributed by atoms with Gasteiger partial charge in [0, 0.05) is 24.3 Å². The molecule has 0 heterocycles. The fraction of sp³-hybridized carbons (Fsp3) is 1.00. The Kier molecular flexibility index (Phi) is 5.14. The van der Waals surface area contributed by atoms with Crippen molar-refractivity contribution < 1.29 is 13.2 Å². The molecule has 0 aromatic carbocycles. The Morgan fingerprint density at radius 1 is 1.30 bits per heavy atom. The van der Waals surface area contributed by atoms with Gasteiger partial charge in [-0.05, 0) is 46.2 Å². The lowest BCUT2D eigenvalue weighted by atomic mass is 9.60. The largest absolute Gasteiger partial charge is 0.378 e. The normalized spacial score (nSPS) is 29.0. The van der Waals surface area contributed by atoms with Crippen LogP contribution >= 0.6 is 0 Å². The van der Waals surface area contributed by atoms with E-state index in [2.05, 4.69) is 18.9 Å². The smallest absolute Gasteiger partial charge is 0.147 e. The van der Waals surface area contributed by atoms with E-state index < -0.39 is 9.84 Å². The molecule has 5 heteroatoms. The molecule has 2 aliphatic carbocycles. The van der Waals surface area contributed by atoms with Crippen LogP contribution in [0.5, 0.6) is 0 Å². The van der Waals surface area contributed by atoms with Gasteiger partial charge < -0.3 is 9.64 Å². The predicted octanol–water partition coefficient (Wildman–Crippen LogP) is 2.09. The molecule has 2 aliphatic rings. The van der Waals surface area contributed by atoms with Gasteiger partial charge >= 0.3 is 0 Å². The highest BCUT2D eigenvalue weighted by Crippen LogP contribution is 2.56. The topological polar surface area (TPSA) is 46.6 Å². The highest BCUT2D eigenvalue weighted by Gasteiger charge is 2.57. The second-order valence-electron chi connectivity index (χ2n) is 6.60. The number of hydrogen-bond acceptors (Lipinski definition) is 4. The summed E-state index contributed by atoms with van der Waals surface area (Å²) in [6, 6.07) is 0.584. The third-order valence-electron chi connectivity index (χ3n) is 5.20. The van der Waals surface area contributed by atoms with Crippen LogP contribution in [0, 0.1) is 5.41 Å². The predicted molar refractivity (Wildman–Crippen MR) is 81.7 cm³/mol. The minimum atomic E-state index is -2.83. The maximum Gasteiger partial charge on any atom is 0.147 e. The van der Waals surface area contributed by atoms with Gasteiger partial charge in [0.2, 0.25) is 0 Å². The lowest BCUT2D eigenvalue weighted by Crippen LogP contribution is -2.63. The van der Waals surface area contributed by atoms with Crippen LogP contribution < -0.4 is 0 Å². The van der Waals surface area contributed by atoms with Crippen molar-refractivity contribution in [1.29, 1.82) is 0 Å². The monoisotopic (exact) mass is 303 g/mol. The van der Waals surface area contributed by atoms with Crippen molar-refractivity contribution in [3.8, 4) is 0 Å². The summed E-state index contributed by atoms with van der Waals surface area (Å²) in [5.74, 6) is 0.298. The number of sulfone groups is 1. The SMILES string of the molecule is CCO[C@H]1C[C@H](N(C)CCCS(C)(=O)=O)C12CCCC2. The lowest BCUT2D eigenvalue weighted by Gasteiger charge is -2.57. The van der Waals surface area contributed by atoms with Gasteiger partial charge in [-0.25, -0.2) is 8.42 Å². The maximum atomic E-state index is 11.2. The summed E-state index contributed by atoms with van der Waals surface area (Å²) in [4.78, 5) is 2.38. The van der Waals surface area contributed by atoms with E-state index in [1.54, 1.807) is 0 Å². The molecule has 0 aromatic rings. The maximum absolute atomic E-state index is 11.2. The molecule has 20 heavy (non-hydrogen) atoms. The molecular formula is C15H29NO3S. The van der Waals surface area contributed by atoms with Crippen molar-refractivity contribution in [2.45, 2.75) is 57.6 Å². The van der Waals surface area contributed by atoms with Gasteiger partial charge in [0.15, 0.2) is 0 Å². The molecular weight excluding hydrogens is 274 g/mol. The van der Waals surface area contributed by atoms with Crippen LogP contribution in [-0.4, -0.2) is 57.7 Å². The first-order valence-corrected chi connectivity index (χ1v) is 9.94. The highest BCUT2D eigenvalue weighted by atomic mass is 32.2. The second kappa shape index (κ2) is 6.32. The van der Waals surface area contributed by atoms with Crippen LogP contribution in [0.15, 0.2) is 0 Å². The molecule has 4 nitrogen and oxygen atoms in total. The van der Waals surface area contributed by atoms with Crippen molar-refractivity contribution in [1.82, 2.24) is 4.90 Å². The fourth-order valence-electron chi connectivity index (χ4n) is 4.20. The molecule has 2 rings (SSSR count). The zero-order valence-electron chi connectivity index (χ0n) is 13.1. The third-order valence-corrected chi connectivity index (χ3v) is 6.23. The molecule has 0 radical (unpaired) electrons. The molecule has 0 unspecified atom stereocenters. The Morgan fingerprint density at radius 2 is 1.95 bits per heavy atom. The minimum absolute atomic E-state index is 0.298. The molecule has 0 amide bonds. The number of rotatable bonds is 7. The molecule has 118 valence electrons. The lowest BCUT2D eigenvalue weighted by molar-refractivity contribution is -0.160. The van der Waals surface area contributed by atoms with Crippen LogP contribution in [-0.2, 0) is 14.6 Å². The van der Waals surface area contributed by atoms with Crippen molar-refractivity contribution in [3.63, 3.8) is 0 Å². The third kappa shape index (κ3) is 3.37. The first-order chi connectivity index (χ1) is 9.39. The summed E-state index contributed by atoms with van der Waals surface area (Å²) in [7, 11) is -0.684. The Balaban J connectivity index is 1.88. The molecule has 2 saturated carbocycles. The Labute approximate surface area is 123 Å². The van der Waals surface area contributed by atoms with Gasteiger partial charge in [-0.1, -0.05) is 12.8 Å². The van der Waals surface area contributed by atoms with Crippen molar-refractivity contribution >= 4 is 9.84 Å². The number of nitrogens with zero attached hydrogens (tertiary/aromatic N) is 1. The van der Waals surface area contributed by atoms with Crippen LogP contribution in [0.2, 0.25) is 0 Å². The summed E-state index contributed by atoms with van der Waals surface area (Å²) in [5, 5.41) is 0. The van der Waals surface area contributed by atoms with E-state index in [0.717, 1.165) is 26.0 Å². The van der Waals surface area contributed by atoms with E-state index in [4.69, 9.17) is 4.74 Å². The van der Waals surface area contributed by atoms with Gasteiger partial charge in [0.1, 0.15) is 9.84 Å². The number of hydrogen-bond donors (Lipinski definition) is 0. The summed E-state index contributed by atoms with van der Waals surface area (Å²) in [6.07, 6.45) is 8.79. The second-order valence-corrected chi connectivity index (χ2v) is 8.86. The standard InChI is InChI=1S/C15H29NO3S/c1-4-19-14-12-13(15(14)8-5-6-9-15)16(2)10-7-11-20(3,17)18/h13-14H,4-12H2,1-3H3/t13-,14-/m0/s1. The summed E-state index contributed by atoms with van der Waals surface area (Å²) in [6.45, 7) is 3.75. The molecule has 0 saturated heterocycles. The van der Waals surface area contributed by atoms with Crippen LogP contribution in [0.25, 0.3) is 0 Å². The van der Waals surface area contributed by atoms with Crippen LogP contribution in [0.1, 0.15) is 45.4 Å². The van der Waals surface area contributed by atoms with Crippen LogP contribution in [0.4, 0.5) is 0 Å². The fourth-order valence-corrected chi connectivity index (χ4v) is 4.85. The van der Waals surface area contributed by atoms with Gasteiger partial charge in [-0.2, -0.15) is 0 Å². The first-order valence-electron chi connectivity index (χ1n) is 7.88. The van der Waals surface area contributed by atoms with Gasteiger partial charge in [0.25, 0.3) is 0 Å². The van der Waals surface area contributed by atoms with Gasteiger partial charge in [-0.15, -0.1) is 0 Å². The summed E-state index contributed by atoms with van der Waals surface area (Å²) >= 11 is 0.